The van der Waals surface area contributed by atoms with Gasteiger partial charge in [-0.25, -0.2) is 9.59 Å². The zero-order valence-corrected chi connectivity index (χ0v) is 17.3. The standard InChI is InChI=1S/C20H28N2O8/c1-13(9-17(25)28-2)18(19(26)29-3)22-16(24)10-15(23)11-21-20(27)30-12-14-7-5-4-6-8-14/h4-8,13,15,18,23H,9-12H2,1-3H3,(H,21,27)(H,22,24)/t13-,15-,18-/m1/s1. The highest BCUT2D eigenvalue weighted by Crippen LogP contribution is 2.11. The van der Waals surface area contributed by atoms with Gasteiger partial charge in [0.1, 0.15) is 12.6 Å². The van der Waals surface area contributed by atoms with Crippen LogP contribution in [0.5, 0.6) is 0 Å². The van der Waals surface area contributed by atoms with E-state index in [1.165, 1.54) is 7.11 Å². The van der Waals surface area contributed by atoms with Gasteiger partial charge in [-0.3, -0.25) is 9.59 Å². The number of amides is 2. The molecule has 0 bridgehead atoms. The number of carbonyl (C=O) groups is 4. The molecule has 0 spiro atoms. The molecule has 1 rings (SSSR count). The van der Waals surface area contributed by atoms with Crippen molar-refractivity contribution in [1.29, 1.82) is 0 Å². The first-order valence-corrected chi connectivity index (χ1v) is 9.33. The average molecular weight is 424 g/mol. The summed E-state index contributed by atoms with van der Waals surface area (Å²) < 4.78 is 14.2. The fraction of sp³-hybridized carbons (Fsp3) is 0.500. The third-order valence-electron chi connectivity index (χ3n) is 4.17. The summed E-state index contributed by atoms with van der Waals surface area (Å²) >= 11 is 0. The highest BCUT2D eigenvalue weighted by atomic mass is 16.5. The van der Waals surface area contributed by atoms with Crippen LogP contribution in [-0.4, -0.2) is 62.0 Å². The SMILES string of the molecule is COC(=O)C[C@@H](C)[C@@H](NC(=O)C[C@@H](O)CNC(=O)OCc1ccccc1)C(=O)OC. The molecule has 0 radical (unpaired) electrons. The Morgan fingerprint density at radius 2 is 1.70 bits per heavy atom. The minimum absolute atomic E-state index is 0.0716. The summed E-state index contributed by atoms with van der Waals surface area (Å²) in [7, 11) is 2.38. The molecule has 0 aromatic heterocycles. The van der Waals surface area contributed by atoms with E-state index >= 15 is 0 Å². The minimum Gasteiger partial charge on any atom is -0.469 e. The van der Waals surface area contributed by atoms with Crippen molar-refractivity contribution in [2.45, 2.75) is 38.5 Å². The first-order chi connectivity index (χ1) is 14.3. The van der Waals surface area contributed by atoms with E-state index in [2.05, 4.69) is 20.1 Å². The molecular weight excluding hydrogens is 396 g/mol. The monoisotopic (exact) mass is 424 g/mol. The van der Waals surface area contributed by atoms with Crippen LogP contribution in [0.1, 0.15) is 25.3 Å². The lowest BCUT2D eigenvalue weighted by atomic mass is 9.98. The molecule has 10 heteroatoms. The molecule has 0 fully saturated rings. The fourth-order valence-electron chi connectivity index (χ4n) is 2.52. The van der Waals surface area contributed by atoms with Crippen LogP contribution in [0, 0.1) is 5.92 Å². The Kier molecular flexibility index (Phi) is 10.9. The number of methoxy groups -OCH3 is 2. The predicted octanol–water partition coefficient (Wildman–Crippen LogP) is 0.521. The molecule has 2 amide bonds. The number of hydrogen-bond donors (Lipinski definition) is 3. The molecule has 0 heterocycles. The minimum atomic E-state index is -1.21. The second kappa shape index (κ2) is 13.2. The van der Waals surface area contributed by atoms with Gasteiger partial charge in [0.15, 0.2) is 0 Å². The highest BCUT2D eigenvalue weighted by Gasteiger charge is 2.30. The van der Waals surface area contributed by atoms with Crippen LogP contribution in [0.2, 0.25) is 0 Å². The van der Waals surface area contributed by atoms with Gasteiger partial charge in [-0.1, -0.05) is 37.3 Å². The maximum Gasteiger partial charge on any atom is 0.407 e. The van der Waals surface area contributed by atoms with E-state index < -0.39 is 42.0 Å². The van der Waals surface area contributed by atoms with Gasteiger partial charge in [-0.2, -0.15) is 0 Å². The van der Waals surface area contributed by atoms with Crippen molar-refractivity contribution >= 4 is 23.9 Å². The van der Waals surface area contributed by atoms with Crippen LogP contribution in [0.15, 0.2) is 30.3 Å². The van der Waals surface area contributed by atoms with Crippen LogP contribution in [0.25, 0.3) is 0 Å². The van der Waals surface area contributed by atoms with Gasteiger partial charge in [0.25, 0.3) is 0 Å². The highest BCUT2D eigenvalue weighted by molar-refractivity contribution is 5.85. The fourth-order valence-corrected chi connectivity index (χ4v) is 2.52. The number of ether oxygens (including phenoxy) is 3. The van der Waals surface area contributed by atoms with Gasteiger partial charge in [-0.05, 0) is 11.5 Å². The zero-order valence-electron chi connectivity index (χ0n) is 17.3. The number of alkyl carbamates (subject to hydrolysis) is 1. The largest absolute Gasteiger partial charge is 0.469 e. The van der Waals surface area contributed by atoms with Crippen molar-refractivity contribution in [1.82, 2.24) is 10.6 Å². The molecule has 0 aliphatic carbocycles. The lowest BCUT2D eigenvalue weighted by Gasteiger charge is -2.22. The maximum absolute atomic E-state index is 12.2. The molecule has 10 nitrogen and oxygen atoms in total. The third kappa shape index (κ3) is 9.37. The number of benzene rings is 1. The predicted molar refractivity (Wildman–Crippen MR) is 105 cm³/mol. The van der Waals surface area contributed by atoms with Gasteiger partial charge in [0.2, 0.25) is 5.91 Å². The smallest absolute Gasteiger partial charge is 0.407 e. The molecule has 0 aliphatic heterocycles. The summed E-state index contributed by atoms with van der Waals surface area (Å²) in [6, 6.07) is 7.97. The van der Waals surface area contributed by atoms with E-state index in [9.17, 15) is 24.3 Å². The molecule has 30 heavy (non-hydrogen) atoms. The van der Waals surface area contributed by atoms with E-state index in [0.29, 0.717) is 0 Å². The van der Waals surface area contributed by atoms with Gasteiger partial charge >= 0.3 is 18.0 Å². The molecule has 1 aromatic rings. The second-order valence-electron chi connectivity index (χ2n) is 6.63. The lowest BCUT2D eigenvalue weighted by Crippen LogP contribution is -2.47. The van der Waals surface area contributed by atoms with Crippen molar-refractivity contribution in [3.05, 3.63) is 35.9 Å². The number of esters is 2. The first kappa shape index (κ1) is 24.9. The number of aliphatic hydroxyl groups excluding tert-OH is 1. The summed E-state index contributed by atoms with van der Waals surface area (Å²) in [6.45, 7) is 1.43. The number of carbonyl (C=O) groups excluding carboxylic acids is 4. The average Bonchev–Trinajstić information content (AvgIpc) is 2.74. The Labute approximate surface area is 174 Å². The molecule has 3 atom stereocenters. The molecule has 0 saturated carbocycles. The summed E-state index contributed by atoms with van der Waals surface area (Å²) in [5, 5.41) is 14.8. The normalized spacial score (nSPS) is 13.3. The summed E-state index contributed by atoms with van der Waals surface area (Å²) in [5.41, 5.74) is 0.808. The number of hydrogen-bond acceptors (Lipinski definition) is 8. The van der Waals surface area contributed by atoms with Crippen molar-refractivity contribution < 1.29 is 38.5 Å². The first-order valence-electron chi connectivity index (χ1n) is 9.33. The van der Waals surface area contributed by atoms with Crippen molar-refractivity contribution in [3.8, 4) is 0 Å². The molecule has 0 saturated heterocycles. The molecule has 1 aromatic carbocycles. The number of aliphatic hydroxyl groups is 1. The lowest BCUT2D eigenvalue weighted by molar-refractivity contribution is -0.148. The van der Waals surface area contributed by atoms with Crippen LogP contribution in [0.4, 0.5) is 4.79 Å². The van der Waals surface area contributed by atoms with Crippen molar-refractivity contribution in [3.63, 3.8) is 0 Å². The van der Waals surface area contributed by atoms with Crippen LogP contribution >= 0.6 is 0 Å². The van der Waals surface area contributed by atoms with Gasteiger partial charge in [-0.15, -0.1) is 0 Å². The van der Waals surface area contributed by atoms with Crippen molar-refractivity contribution in [2.24, 2.45) is 5.92 Å². The number of rotatable bonds is 11. The van der Waals surface area contributed by atoms with Gasteiger partial charge in [0.05, 0.1) is 33.2 Å². The van der Waals surface area contributed by atoms with Gasteiger partial charge < -0.3 is 30.0 Å². The van der Waals surface area contributed by atoms with E-state index in [0.717, 1.165) is 12.7 Å². The Hall–Kier alpha value is -3.14. The number of nitrogens with one attached hydrogen (secondary N) is 2. The molecule has 0 aliphatic rings. The van der Waals surface area contributed by atoms with Crippen LogP contribution < -0.4 is 10.6 Å². The molecule has 3 N–H and O–H groups in total. The summed E-state index contributed by atoms with van der Waals surface area (Å²) in [5.74, 6) is -2.49. The molecule has 166 valence electrons. The van der Waals surface area contributed by atoms with E-state index in [-0.39, 0.29) is 26.0 Å². The van der Waals surface area contributed by atoms with Crippen LogP contribution in [-0.2, 0) is 35.2 Å². The van der Waals surface area contributed by atoms with Crippen molar-refractivity contribution in [2.75, 3.05) is 20.8 Å². The van der Waals surface area contributed by atoms with E-state index in [1.807, 2.05) is 18.2 Å². The maximum atomic E-state index is 12.2. The topological polar surface area (TPSA) is 140 Å². The molecule has 0 unspecified atom stereocenters. The third-order valence-corrected chi connectivity index (χ3v) is 4.17. The van der Waals surface area contributed by atoms with E-state index in [1.54, 1.807) is 19.1 Å². The van der Waals surface area contributed by atoms with Crippen LogP contribution in [0.3, 0.4) is 0 Å². The summed E-state index contributed by atoms with van der Waals surface area (Å²) in [6.07, 6.45) is -2.42. The van der Waals surface area contributed by atoms with E-state index in [4.69, 9.17) is 4.74 Å². The quantitative estimate of drug-likeness (QED) is 0.345. The Bertz CT molecular complexity index is 710. The Morgan fingerprint density at radius 3 is 2.30 bits per heavy atom. The van der Waals surface area contributed by atoms with Gasteiger partial charge in [0, 0.05) is 6.54 Å². The zero-order chi connectivity index (χ0) is 22.5. The molecular formula is C20H28N2O8. The second-order valence-corrected chi connectivity index (χ2v) is 6.63. The Balaban J connectivity index is 2.43. The summed E-state index contributed by atoms with van der Waals surface area (Å²) in [4.78, 5) is 47.2. The Morgan fingerprint density at radius 1 is 1.03 bits per heavy atom.